The van der Waals surface area contributed by atoms with Gasteiger partial charge >= 0.3 is 0 Å². The van der Waals surface area contributed by atoms with Gasteiger partial charge in [-0.2, -0.15) is 0 Å². The molecule has 0 radical (unpaired) electrons. The summed E-state index contributed by atoms with van der Waals surface area (Å²) in [4.78, 5) is 2.48. The fourth-order valence-corrected chi connectivity index (χ4v) is 3.14. The lowest BCUT2D eigenvalue weighted by molar-refractivity contribution is 0.0981. The monoisotopic (exact) mass is 278 g/mol. The summed E-state index contributed by atoms with van der Waals surface area (Å²) in [6.45, 7) is 4.99. The number of methoxy groups -OCH3 is 2. The number of likely N-dealkylation sites (tertiary alicyclic amines) is 1. The largest absolute Gasteiger partial charge is 0.497 e. The molecular weight excluding hydrogens is 252 g/mol. The van der Waals surface area contributed by atoms with Gasteiger partial charge in [0.15, 0.2) is 0 Å². The van der Waals surface area contributed by atoms with Crippen LogP contribution >= 0.6 is 0 Å². The lowest BCUT2D eigenvalue weighted by Crippen LogP contribution is -2.48. The van der Waals surface area contributed by atoms with Crippen LogP contribution in [0.3, 0.4) is 0 Å². The number of rotatable bonds is 5. The van der Waals surface area contributed by atoms with Crippen molar-refractivity contribution in [3.63, 3.8) is 0 Å². The van der Waals surface area contributed by atoms with Gasteiger partial charge in [0.1, 0.15) is 11.5 Å². The summed E-state index contributed by atoms with van der Waals surface area (Å²) in [5, 5.41) is 0. The molecule has 0 aromatic heterocycles. The van der Waals surface area contributed by atoms with Crippen molar-refractivity contribution < 1.29 is 9.47 Å². The normalized spacial score (nSPS) is 23.6. The number of ether oxygens (including phenoxy) is 2. The molecule has 0 spiro atoms. The highest BCUT2D eigenvalue weighted by molar-refractivity contribution is 5.40. The third-order valence-electron chi connectivity index (χ3n) is 4.33. The van der Waals surface area contributed by atoms with Crippen LogP contribution in [0.5, 0.6) is 11.5 Å². The molecule has 2 atom stereocenters. The van der Waals surface area contributed by atoms with E-state index in [1.165, 1.54) is 18.4 Å². The first-order chi connectivity index (χ1) is 9.69. The first-order valence-corrected chi connectivity index (χ1v) is 7.34. The van der Waals surface area contributed by atoms with Gasteiger partial charge in [-0.15, -0.1) is 0 Å². The molecule has 2 N–H and O–H groups in total. The molecule has 1 aliphatic rings. The fraction of sp³-hybridized carbons (Fsp3) is 0.625. The predicted octanol–water partition coefficient (Wildman–Crippen LogP) is 2.26. The lowest BCUT2D eigenvalue weighted by Gasteiger charge is -2.39. The zero-order valence-electron chi connectivity index (χ0n) is 12.8. The summed E-state index contributed by atoms with van der Waals surface area (Å²) in [6.07, 6.45) is 2.51. The van der Waals surface area contributed by atoms with Gasteiger partial charge in [0.25, 0.3) is 0 Å². The van der Waals surface area contributed by atoms with E-state index in [4.69, 9.17) is 15.2 Å². The third-order valence-corrected chi connectivity index (χ3v) is 4.33. The maximum atomic E-state index is 5.97. The summed E-state index contributed by atoms with van der Waals surface area (Å²) in [5.74, 6) is 2.44. The van der Waals surface area contributed by atoms with Gasteiger partial charge in [0.2, 0.25) is 0 Å². The van der Waals surface area contributed by atoms with Crippen LogP contribution < -0.4 is 15.2 Å². The van der Waals surface area contributed by atoms with E-state index in [0.717, 1.165) is 24.6 Å². The van der Waals surface area contributed by atoms with E-state index in [9.17, 15) is 0 Å². The zero-order chi connectivity index (χ0) is 14.5. The Bertz CT molecular complexity index is 436. The van der Waals surface area contributed by atoms with Crippen molar-refractivity contribution >= 4 is 0 Å². The minimum Gasteiger partial charge on any atom is -0.497 e. The van der Waals surface area contributed by atoms with Gasteiger partial charge in [-0.05, 0) is 43.5 Å². The van der Waals surface area contributed by atoms with Crippen molar-refractivity contribution in [1.82, 2.24) is 4.90 Å². The van der Waals surface area contributed by atoms with Crippen molar-refractivity contribution in [3.8, 4) is 11.5 Å². The molecule has 2 rings (SSSR count). The second-order valence-electron chi connectivity index (χ2n) is 5.57. The maximum absolute atomic E-state index is 5.97. The molecule has 4 heteroatoms. The van der Waals surface area contributed by atoms with Gasteiger partial charge in [-0.3, -0.25) is 4.90 Å². The minimum atomic E-state index is 0.458. The van der Waals surface area contributed by atoms with E-state index >= 15 is 0 Å². The summed E-state index contributed by atoms with van der Waals surface area (Å²) >= 11 is 0. The van der Waals surface area contributed by atoms with Gasteiger partial charge in [-0.1, -0.05) is 6.92 Å². The molecule has 2 unspecified atom stereocenters. The molecule has 0 aliphatic carbocycles. The maximum Gasteiger partial charge on any atom is 0.123 e. The quantitative estimate of drug-likeness (QED) is 0.897. The van der Waals surface area contributed by atoms with Crippen molar-refractivity contribution in [2.75, 3.05) is 27.3 Å². The lowest BCUT2D eigenvalue weighted by atomic mass is 9.90. The first kappa shape index (κ1) is 15.1. The zero-order valence-corrected chi connectivity index (χ0v) is 12.8. The molecule has 4 nitrogen and oxygen atoms in total. The molecule has 1 heterocycles. The molecule has 1 saturated heterocycles. The molecule has 0 amide bonds. The Hall–Kier alpha value is -1.26. The van der Waals surface area contributed by atoms with Crippen LogP contribution in [0.2, 0.25) is 0 Å². The molecule has 1 aliphatic heterocycles. The third kappa shape index (κ3) is 3.25. The molecule has 1 aromatic rings. The summed E-state index contributed by atoms with van der Waals surface area (Å²) in [7, 11) is 3.40. The Kier molecular flexibility index (Phi) is 5.26. The van der Waals surface area contributed by atoms with E-state index in [1.54, 1.807) is 14.2 Å². The Morgan fingerprint density at radius 1 is 1.30 bits per heavy atom. The van der Waals surface area contributed by atoms with Crippen molar-refractivity contribution in [2.24, 2.45) is 11.7 Å². The highest BCUT2D eigenvalue weighted by atomic mass is 16.5. The van der Waals surface area contributed by atoms with E-state index < -0.39 is 0 Å². The fourth-order valence-electron chi connectivity index (χ4n) is 3.14. The molecule has 0 saturated carbocycles. The molecule has 20 heavy (non-hydrogen) atoms. The van der Waals surface area contributed by atoms with Gasteiger partial charge in [-0.25, -0.2) is 0 Å². The van der Waals surface area contributed by atoms with Crippen LogP contribution in [0.15, 0.2) is 18.2 Å². The second-order valence-corrected chi connectivity index (χ2v) is 5.57. The van der Waals surface area contributed by atoms with E-state index in [2.05, 4.69) is 17.9 Å². The highest BCUT2D eigenvalue weighted by Gasteiger charge is 2.27. The number of nitrogens with zero attached hydrogens (tertiary/aromatic N) is 1. The average molecular weight is 278 g/mol. The molecule has 112 valence electrons. The topological polar surface area (TPSA) is 47.7 Å². The van der Waals surface area contributed by atoms with Crippen molar-refractivity contribution in [3.05, 3.63) is 23.8 Å². The number of hydrogen-bond donors (Lipinski definition) is 1. The van der Waals surface area contributed by atoms with Gasteiger partial charge < -0.3 is 15.2 Å². The number of nitrogens with two attached hydrogens (primary N) is 1. The van der Waals surface area contributed by atoms with E-state index in [1.807, 2.05) is 12.1 Å². The number of benzene rings is 1. The number of hydrogen-bond acceptors (Lipinski definition) is 4. The first-order valence-electron chi connectivity index (χ1n) is 7.34. The van der Waals surface area contributed by atoms with Crippen LogP contribution in [0.4, 0.5) is 0 Å². The number of piperidine rings is 1. The van der Waals surface area contributed by atoms with Crippen LogP contribution in [0.1, 0.15) is 25.3 Å². The van der Waals surface area contributed by atoms with Crippen LogP contribution in [-0.2, 0) is 6.54 Å². The molecule has 1 aromatic carbocycles. The molecule has 0 bridgehead atoms. The van der Waals surface area contributed by atoms with Crippen LogP contribution in [-0.4, -0.2) is 38.3 Å². The van der Waals surface area contributed by atoms with Gasteiger partial charge in [0, 0.05) is 24.7 Å². The predicted molar refractivity (Wildman–Crippen MR) is 81.2 cm³/mol. The summed E-state index contributed by atoms with van der Waals surface area (Å²) < 4.78 is 10.8. The Morgan fingerprint density at radius 3 is 2.75 bits per heavy atom. The smallest absolute Gasteiger partial charge is 0.123 e. The van der Waals surface area contributed by atoms with Crippen molar-refractivity contribution in [2.45, 2.75) is 32.4 Å². The Morgan fingerprint density at radius 2 is 2.10 bits per heavy atom. The molecule has 1 fully saturated rings. The van der Waals surface area contributed by atoms with Crippen LogP contribution in [0, 0.1) is 5.92 Å². The Balaban J connectivity index is 2.19. The van der Waals surface area contributed by atoms with Gasteiger partial charge in [0.05, 0.1) is 14.2 Å². The van der Waals surface area contributed by atoms with Crippen molar-refractivity contribution in [1.29, 1.82) is 0 Å². The standard InChI is InChI=1S/C16H26N2O2/c1-12-5-4-8-18(15(12)10-17)11-13-9-14(19-2)6-7-16(13)20-3/h6-7,9,12,15H,4-5,8,10-11,17H2,1-3H3. The SMILES string of the molecule is COc1ccc(OC)c(CN2CCCC(C)C2CN)c1. The summed E-state index contributed by atoms with van der Waals surface area (Å²) in [6, 6.07) is 6.42. The Labute approximate surface area is 121 Å². The average Bonchev–Trinajstić information content (AvgIpc) is 2.47. The second kappa shape index (κ2) is 6.95. The molecular formula is C16H26N2O2. The van der Waals surface area contributed by atoms with Crippen LogP contribution in [0.25, 0.3) is 0 Å². The highest BCUT2D eigenvalue weighted by Crippen LogP contribution is 2.29. The van der Waals surface area contributed by atoms with E-state index in [0.29, 0.717) is 18.5 Å². The summed E-state index contributed by atoms with van der Waals surface area (Å²) in [5.41, 5.74) is 7.13. The van der Waals surface area contributed by atoms with E-state index in [-0.39, 0.29) is 0 Å². The minimum absolute atomic E-state index is 0.458.